The third-order valence-electron chi connectivity index (χ3n) is 4.76. The van der Waals surface area contributed by atoms with Gasteiger partial charge in [0.1, 0.15) is 22.4 Å². The minimum absolute atomic E-state index is 0.126. The van der Waals surface area contributed by atoms with E-state index in [9.17, 15) is 13.6 Å². The number of H-pyrrole nitrogens is 1. The number of aromatic nitrogens is 4. The zero-order valence-corrected chi connectivity index (χ0v) is 15.9. The van der Waals surface area contributed by atoms with Gasteiger partial charge in [-0.3, -0.25) is 4.79 Å². The summed E-state index contributed by atoms with van der Waals surface area (Å²) < 4.78 is 29.8. The van der Waals surface area contributed by atoms with Gasteiger partial charge in [0, 0.05) is 23.3 Å². The van der Waals surface area contributed by atoms with Gasteiger partial charge in [-0.25, -0.2) is 18.3 Å². The molecule has 9 heteroatoms. The van der Waals surface area contributed by atoms with Crippen LogP contribution in [0.25, 0.3) is 27.7 Å². The summed E-state index contributed by atoms with van der Waals surface area (Å²) in [6.45, 7) is 0. The van der Waals surface area contributed by atoms with Crippen LogP contribution in [0, 0.1) is 11.6 Å². The Balaban J connectivity index is 1.55. The Morgan fingerprint density at radius 1 is 1.13 bits per heavy atom. The van der Waals surface area contributed by atoms with Crippen molar-refractivity contribution >= 4 is 39.7 Å². The summed E-state index contributed by atoms with van der Waals surface area (Å²) in [7, 11) is 0. The van der Waals surface area contributed by atoms with Crippen molar-refractivity contribution in [2.24, 2.45) is 0 Å². The van der Waals surface area contributed by atoms with E-state index < -0.39 is 17.5 Å². The highest BCUT2D eigenvalue weighted by Crippen LogP contribution is 2.32. The first-order valence-electron chi connectivity index (χ1n) is 8.88. The fourth-order valence-electron chi connectivity index (χ4n) is 3.35. The molecule has 0 aliphatic rings. The normalized spacial score (nSPS) is 11.3. The van der Waals surface area contributed by atoms with Gasteiger partial charge in [0.05, 0.1) is 17.4 Å². The molecule has 0 radical (unpaired) electrons. The molecule has 5 rings (SSSR count). The molecule has 30 heavy (non-hydrogen) atoms. The minimum atomic E-state index is -0.662. The molecule has 5 aromatic rings. The van der Waals surface area contributed by atoms with Crippen molar-refractivity contribution in [1.29, 1.82) is 0 Å². The van der Waals surface area contributed by atoms with E-state index in [4.69, 9.17) is 11.6 Å². The first-order valence-corrected chi connectivity index (χ1v) is 9.26. The second kappa shape index (κ2) is 6.93. The largest absolute Gasteiger partial charge is 0.359 e. The molecule has 0 atom stereocenters. The lowest BCUT2D eigenvalue weighted by atomic mass is 10.0. The molecule has 2 N–H and O–H groups in total. The predicted octanol–water partition coefficient (Wildman–Crippen LogP) is 5.06. The first-order chi connectivity index (χ1) is 14.5. The molecule has 0 aliphatic heterocycles. The van der Waals surface area contributed by atoms with Crippen LogP contribution < -0.4 is 5.32 Å². The average molecular weight is 424 g/mol. The molecule has 0 saturated carbocycles. The molecule has 0 saturated heterocycles. The highest BCUT2D eigenvalue weighted by molar-refractivity contribution is 6.29. The molecule has 0 bridgehead atoms. The molecule has 6 nitrogen and oxygen atoms in total. The molecule has 0 unspecified atom stereocenters. The molecular weight excluding hydrogens is 412 g/mol. The Bertz CT molecular complexity index is 1420. The smallest absolute Gasteiger partial charge is 0.261 e. The van der Waals surface area contributed by atoms with Gasteiger partial charge in [-0.05, 0) is 35.9 Å². The van der Waals surface area contributed by atoms with Gasteiger partial charge in [0.15, 0.2) is 5.65 Å². The van der Waals surface area contributed by atoms with Gasteiger partial charge in [0.2, 0.25) is 0 Å². The van der Waals surface area contributed by atoms with Gasteiger partial charge >= 0.3 is 0 Å². The third kappa shape index (κ3) is 2.98. The van der Waals surface area contributed by atoms with E-state index >= 15 is 0 Å². The van der Waals surface area contributed by atoms with Crippen LogP contribution in [0.4, 0.5) is 14.5 Å². The van der Waals surface area contributed by atoms with Crippen molar-refractivity contribution < 1.29 is 13.6 Å². The topological polar surface area (TPSA) is 75.1 Å². The van der Waals surface area contributed by atoms with Crippen LogP contribution in [0.2, 0.25) is 5.15 Å². The van der Waals surface area contributed by atoms with Crippen LogP contribution in [0.3, 0.4) is 0 Å². The third-order valence-corrected chi connectivity index (χ3v) is 4.97. The lowest BCUT2D eigenvalue weighted by Crippen LogP contribution is -2.11. The van der Waals surface area contributed by atoms with Crippen molar-refractivity contribution in [2.75, 3.05) is 5.32 Å². The highest BCUT2D eigenvalue weighted by Gasteiger charge is 2.17. The molecule has 148 valence electrons. The van der Waals surface area contributed by atoms with E-state index in [0.717, 1.165) is 0 Å². The lowest BCUT2D eigenvalue weighted by molar-refractivity contribution is 0.102. The van der Waals surface area contributed by atoms with Crippen LogP contribution in [0.5, 0.6) is 0 Å². The second-order valence-electron chi connectivity index (χ2n) is 6.59. The number of amides is 1. The number of fused-ring (bicyclic) bond motifs is 2. The average Bonchev–Trinajstić information content (AvgIpc) is 3.31. The number of carbonyl (C=O) groups is 1. The number of benzene rings is 2. The predicted molar refractivity (Wildman–Crippen MR) is 110 cm³/mol. The number of rotatable bonds is 3. The van der Waals surface area contributed by atoms with Crippen LogP contribution in [0.1, 0.15) is 10.4 Å². The van der Waals surface area contributed by atoms with Crippen LogP contribution >= 0.6 is 11.6 Å². The maximum absolute atomic E-state index is 14.2. The zero-order chi connectivity index (χ0) is 20.8. The first kappa shape index (κ1) is 18.3. The molecule has 0 aliphatic carbocycles. The van der Waals surface area contributed by atoms with Crippen LogP contribution in [-0.4, -0.2) is 25.5 Å². The van der Waals surface area contributed by atoms with Crippen molar-refractivity contribution in [3.8, 4) is 11.1 Å². The number of aromatic amines is 1. The van der Waals surface area contributed by atoms with Gasteiger partial charge in [-0.2, -0.15) is 5.10 Å². The van der Waals surface area contributed by atoms with Gasteiger partial charge in [0.25, 0.3) is 5.91 Å². The fraction of sp³-hybridized carbons (Fsp3) is 0. The van der Waals surface area contributed by atoms with E-state index in [-0.39, 0.29) is 16.3 Å². The highest BCUT2D eigenvalue weighted by atomic mass is 35.5. The number of hydrogen-bond donors (Lipinski definition) is 2. The summed E-state index contributed by atoms with van der Waals surface area (Å²) in [5.74, 6) is -1.77. The molecule has 0 fully saturated rings. The lowest BCUT2D eigenvalue weighted by Gasteiger charge is -2.07. The van der Waals surface area contributed by atoms with E-state index in [1.165, 1.54) is 28.9 Å². The van der Waals surface area contributed by atoms with Gasteiger partial charge in [-0.15, -0.1) is 0 Å². The number of nitrogens with zero attached hydrogens (tertiary/aromatic N) is 3. The molecule has 3 aromatic heterocycles. The number of anilines is 1. The Labute approximate surface area is 173 Å². The van der Waals surface area contributed by atoms with Crippen molar-refractivity contribution in [1.82, 2.24) is 19.6 Å². The minimum Gasteiger partial charge on any atom is -0.359 e. The van der Waals surface area contributed by atoms with E-state index in [1.807, 2.05) is 0 Å². The monoisotopic (exact) mass is 423 g/mol. The Morgan fingerprint density at radius 2 is 1.93 bits per heavy atom. The van der Waals surface area contributed by atoms with Gasteiger partial charge < -0.3 is 10.3 Å². The van der Waals surface area contributed by atoms with Crippen LogP contribution in [0.15, 0.2) is 61.1 Å². The summed E-state index contributed by atoms with van der Waals surface area (Å²) >= 11 is 5.92. The van der Waals surface area contributed by atoms with Crippen molar-refractivity contribution in [2.45, 2.75) is 0 Å². The quantitative estimate of drug-likeness (QED) is 0.398. The molecule has 2 aromatic carbocycles. The Hall–Kier alpha value is -3.78. The standard InChI is InChI=1S/C21H12ClF2N5O/c22-18-6-7-29-20(28-18)13(9-26-29)21(30)27-17-10-25-16-5-4-11(8-12(16)17)19-14(23)2-1-3-15(19)24/h1-10,25H,(H,27,30). The number of halogens is 3. The molecule has 0 spiro atoms. The van der Waals surface area contributed by atoms with Crippen molar-refractivity contribution in [3.05, 3.63) is 83.4 Å². The number of carbonyl (C=O) groups excluding carboxylic acids is 1. The summed E-state index contributed by atoms with van der Waals surface area (Å²) in [5, 5.41) is 7.72. The molecular formula is C21H12ClF2N5O. The zero-order valence-electron chi connectivity index (χ0n) is 15.2. The van der Waals surface area contributed by atoms with E-state index in [2.05, 4.69) is 20.4 Å². The summed E-state index contributed by atoms with van der Waals surface area (Å²) in [6.07, 6.45) is 4.60. The van der Waals surface area contributed by atoms with Crippen LogP contribution in [-0.2, 0) is 0 Å². The van der Waals surface area contributed by atoms with Crippen molar-refractivity contribution in [3.63, 3.8) is 0 Å². The number of hydrogen-bond acceptors (Lipinski definition) is 3. The van der Waals surface area contributed by atoms with E-state index in [1.54, 1.807) is 36.7 Å². The summed E-state index contributed by atoms with van der Waals surface area (Å²) in [4.78, 5) is 20.0. The maximum atomic E-state index is 14.2. The maximum Gasteiger partial charge on any atom is 0.261 e. The second-order valence-corrected chi connectivity index (χ2v) is 6.98. The van der Waals surface area contributed by atoms with E-state index in [0.29, 0.717) is 27.8 Å². The summed E-state index contributed by atoms with van der Waals surface area (Å²) in [6, 6.07) is 10.2. The Morgan fingerprint density at radius 3 is 2.73 bits per heavy atom. The summed E-state index contributed by atoms with van der Waals surface area (Å²) in [5.41, 5.74) is 1.94. The fourth-order valence-corrected chi connectivity index (χ4v) is 3.49. The molecule has 3 heterocycles. The van der Waals surface area contributed by atoms with Gasteiger partial charge in [-0.1, -0.05) is 23.7 Å². The number of nitrogens with one attached hydrogen (secondary N) is 2. The SMILES string of the molecule is O=C(Nc1c[nH]c2ccc(-c3c(F)cccc3F)cc12)c1cnn2ccc(Cl)nc12. The molecule has 1 amide bonds. The Kier molecular flexibility index (Phi) is 4.22.